The summed E-state index contributed by atoms with van der Waals surface area (Å²) in [6, 6.07) is -0.331. The first-order valence-electron chi connectivity index (χ1n) is 5.19. The van der Waals surface area contributed by atoms with Crippen molar-refractivity contribution in [2.75, 3.05) is 13.2 Å². The number of carbonyl (C=O) groups is 1. The second-order valence-electron chi connectivity index (χ2n) is 3.91. The number of carbonyl (C=O) groups excluding carboxylic acids is 1. The van der Waals surface area contributed by atoms with Gasteiger partial charge >= 0.3 is 5.97 Å². The maximum absolute atomic E-state index is 11.3. The molecule has 1 aliphatic rings. The third kappa shape index (κ3) is 2.45. The number of nitrogens with one attached hydrogen (secondary N) is 1. The van der Waals surface area contributed by atoms with E-state index in [1.54, 1.807) is 13.8 Å². The van der Waals surface area contributed by atoms with Crippen molar-refractivity contribution in [1.82, 2.24) is 5.32 Å². The van der Waals surface area contributed by atoms with E-state index < -0.39 is 0 Å². The van der Waals surface area contributed by atoms with Crippen molar-refractivity contribution in [2.45, 2.75) is 44.7 Å². The highest BCUT2D eigenvalue weighted by Gasteiger charge is 2.38. The Morgan fingerprint density at radius 2 is 2.29 bits per heavy atom. The minimum Gasteiger partial charge on any atom is -0.465 e. The molecule has 0 spiro atoms. The summed E-state index contributed by atoms with van der Waals surface area (Å²) in [5.41, 5.74) is -0.230. The Kier molecular flexibility index (Phi) is 3.89. The minimum atomic E-state index is -0.331. The first-order chi connectivity index (χ1) is 6.63. The molecule has 0 radical (unpaired) electrons. The molecule has 0 aromatic rings. The number of aliphatic hydroxyl groups is 1. The maximum Gasteiger partial charge on any atom is 0.322 e. The summed E-state index contributed by atoms with van der Waals surface area (Å²) in [6.45, 7) is 4.05. The van der Waals surface area contributed by atoms with E-state index in [1.165, 1.54) is 0 Å². The molecule has 0 aromatic carbocycles. The predicted octanol–water partition coefficient (Wildman–Crippen LogP) is 0.443. The Balaban J connectivity index is 2.38. The molecule has 1 fully saturated rings. The average Bonchev–Trinajstić information content (AvgIpc) is 2.11. The normalized spacial score (nSPS) is 21.1. The van der Waals surface area contributed by atoms with E-state index in [-0.39, 0.29) is 24.2 Å². The first-order valence-corrected chi connectivity index (χ1v) is 5.19. The van der Waals surface area contributed by atoms with Gasteiger partial charge in [-0.25, -0.2) is 0 Å². The Morgan fingerprint density at radius 3 is 2.64 bits per heavy atom. The lowest BCUT2D eigenvalue weighted by Gasteiger charge is -2.42. The molecule has 1 unspecified atom stereocenters. The topological polar surface area (TPSA) is 58.6 Å². The third-order valence-electron chi connectivity index (χ3n) is 2.78. The Bertz CT molecular complexity index is 196. The Morgan fingerprint density at radius 1 is 1.64 bits per heavy atom. The SMILES string of the molecule is CCOC(=O)C(C)NC1(CO)CCC1. The number of esters is 1. The van der Waals surface area contributed by atoms with Crippen LogP contribution in [-0.2, 0) is 9.53 Å². The molecule has 0 heterocycles. The summed E-state index contributed by atoms with van der Waals surface area (Å²) in [5, 5.41) is 12.3. The molecule has 0 saturated heterocycles. The third-order valence-corrected chi connectivity index (χ3v) is 2.78. The van der Waals surface area contributed by atoms with Crippen LogP contribution in [0.25, 0.3) is 0 Å². The van der Waals surface area contributed by atoms with Gasteiger partial charge in [0.05, 0.1) is 13.2 Å². The van der Waals surface area contributed by atoms with Crippen LogP contribution in [0, 0.1) is 0 Å². The predicted molar refractivity (Wildman–Crippen MR) is 52.9 cm³/mol. The van der Waals surface area contributed by atoms with Gasteiger partial charge in [0.15, 0.2) is 0 Å². The van der Waals surface area contributed by atoms with Crippen LogP contribution >= 0.6 is 0 Å². The van der Waals surface area contributed by atoms with Gasteiger partial charge in [-0.2, -0.15) is 0 Å². The zero-order valence-corrected chi connectivity index (χ0v) is 8.88. The van der Waals surface area contributed by atoms with Crippen molar-refractivity contribution in [1.29, 1.82) is 0 Å². The van der Waals surface area contributed by atoms with Crippen molar-refractivity contribution < 1.29 is 14.6 Å². The van der Waals surface area contributed by atoms with E-state index in [9.17, 15) is 9.90 Å². The summed E-state index contributed by atoms with van der Waals surface area (Å²) in [6.07, 6.45) is 2.99. The van der Waals surface area contributed by atoms with Crippen LogP contribution in [0.1, 0.15) is 33.1 Å². The lowest BCUT2D eigenvalue weighted by atomic mass is 9.77. The molecule has 2 N–H and O–H groups in total. The molecular formula is C10H19NO3. The fraction of sp³-hybridized carbons (Fsp3) is 0.900. The van der Waals surface area contributed by atoms with Gasteiger partial charge in [0.25, 0.3) is 0 Å². The zero-order chi connectivity index (χ0) is 10.6. The van der Waals surface area contributed by atoms with E-state index in [0.29, 0.717) is 6.61 Å². The molecule has 4 heteroatoms. The molecule has 1 saturated carbocycles. The molecule has 82 valence electrons. The van der Waals surface area contributed by atoms with Gasteiger partial charge in [-0.15, -0.1) is 0 Å². The summed E-state index contributed by atoms with van der Waals surface area (Å²) in [5.74, 6) is -0.243. The molecule has 0 amide bonds. The van der Waals surface area contributed by atoms with Crippen LogP contribution in [0.15, 0.2) is 0 Å². The molecule has 1 rings (SSSR count). The molecule has 14 heavy (non-hydrogen) atoms. The van der Waals surface area contributed by atoms with Crippen molar-refractivity contribution in [3.8, 4) is 0 Å². The smallest absolute Gasteiger partial charge is 0.322 e. The highest BCUT2D eigenvalue weighted by molar-refractivity contribution is 5.75. The zero-order valence-electron chi connectivity index (χ0n) is 8.88. The molecular weight excluding hydrogens is 182 g/mol. The number of rotatable bonds is 5. The van der Waals surface area contributed by atoms with Gasteiger partial charge in [0, 0.05) is 5.54 Å². The van der Waals surface area contributed by atoms with Crippen molar-refractivity contribution in [3.63, 3.8) is 0 Å². The van der Waals surface area contributed by atoms with Crippen LogP contribution < -0.4 is 5.32 Å². The molecule has 0 aromatic heterocycles. The number of hydrogen-bond acceptors (Lipinski definition) is 4. The highest BCUT2D eigenvalue weighted by Crippen LogP contribution is 2.31. The van der Waals surface area contributed by atoms with Crippen LogP contribution in [0.5, 0.6) is 0 Å². The highest BCUT2D eigenvalue weighted by atomic mass is 16.5. The summed E-state index contributed by atoms with van der Waals surface area (Å²) in [7, 11) is 0. The maximum atomic E-state index is 11.3. The van der Waals surface area contributed by atoms with Gasteiger partial charge in [-0.3, -0.25) is 10.1 Å². The molecule has 1 aliphatic carbocycles. The van der Waals surface area contributed by atoms with Gasteiger partial charge in [0.2, 0.25) is 0 Å². The second kappa shape index (κ2) is 4.75. The van der Waals surface area contributed by atoms with Crippen LogP contribution in [0.3, 0.4) is 0 Å². The number of ether oxygens (including phenoxy) is 1. The summed E-state index contributed by atoms with van der Waals surface area (Å²) < 4.78 is 4.88. The second-order valence-corrected chi connectivity index (χ2v) is 3.91. The standard InChI is InChI=1S/C10H19NO3/c1-3-14-9(13)8(2)11-10(7-12)5-4-6-10/h8,11-12H,3-7H2,1-2H3. The van der Waals surface area contributed by atoms with Crippen LogP contribution in [0.4, 0.5) is 0 Å². The van der Waals surface area contributed by atoms with E-state index in [4.69, 9.17) is 4.74 Å². The average molecular weight is 201 g/mol. The molecule has 0 bridgehead atoms. The summed E-state index contributed by atoms with van der Waals surface area (Å²) in [4.78, 5) is 11.3. The monoisotopic (exact) mass is 201 g/mol. The van der Waals surface area contributed by atoms with Gasteiger partial charge in [-0.05, 0) is 33.1 Å². The van der Waals surface area contributed by atoms with Gasteiger partial charge in [0.1, 0.15) is 6.04 Å². The van der Waals surface area contributed by atoms with Gasteiger partial charge < -0.3 is 9.84 Å². The van der Waals surface area contributed by atoms with E-state index in [1.807, 2.05) is 0 Å². The molecule has 4 nitrogen and oxygen atoms in total. The lowest BCUT2D eigenvalue weighted by Crippen LogP contribution is -2.58. The fourth-order valence-electron chi connectivity index (χ4n) is 1.74. The quantitative estimate of drug-likeness (QED) is 0.634. The number of hydrogen-bond donors (Lipinski definition) is 2. The van der Waals surface area contributed by atoms with Crippen molar-refractivity contribution in [3.05, 3.63) is 0 Å². The number of aliphatic hydroxyl groups excluding tert-OH is 1. The minimum absolute atomic E-state index is 0.0940. The largest absolute Gasteiger partial charge is 0.465 e. The van der Waals surface area contributed by atoms with Crippen LogP contribution in [0.2, 0.25) is 0 Å². The Hall–Kier alpha value is -0.610. The van der Waals surface area contributed by atoms with Crippen molar-refractivity contribution >= 4 is 5.97 Å². The summed E-state index contributed by atoms with van der Waals surface area (Å²) >= 11 is 0. The first kappa shape index (κ1) is 11.5. The van der Waals surface area contributed by atoms with Gasteiger partial charge in [-0.1, -0.05) is 0 Å². The Labute approximate surface area is 84.6 Å². The molecule has 1 atom stereocenters. The molecule has 0 aliphatic heterocycles. The fourth-order valence-corrected chi connectivity index (χ4v) is 1.74. The van der Waals surface area contributed by atoms with E-state index in [0.717, 1.165) is 19.3 Å². The van der Waals surface area contributed by atoms with E-state index >= 15 is 0 Å². The van der Waals surface area contributed by atoms with E-state index in [2.05, 4.69) is 5.32 Å². The van der Waals surface area contributed by atoms with Crippen LogP contribution in [-0.4, -0.2) is 35.9 Å². The van der Waals surface area contributed by atoms with Crippen molar-refractivity contribution in [2.24, 2.45) is 0 Å². The lowest BCUT2D eigenvalue weighted by molar-refractivity contribution is -0.146.